The van der Waals surface area contributed by atoms with Crippen LogP contribution in [-0.4, -0.2) is 61.0 Å². The molecule has 3 aromatic carbocycles. The van der Waals surface area contributed by atoms with Gasteiger partial charge >= 0.3 is 12.0 Å². The van der Waals surface area contributed by atoms with Gasteiger partial charge in [-0.3, -0.25) is 0 Å². The Kier molecular flexibility index (Phi) is 13.8. The topological polar surface area (TPSA) is 97.3 Å². The van der Waals surface area contributed by atoms with Gasteiger partial charge < -0.3 is 29.5 Å². The Hall–Kier alpha value is -3.30. The predicted molar refractivity (Wildman–Crippen MR) is 161 cm³/mol. The number of para-hydroxylation sites is 1. The van der Waals surface area contributed by atoms with Gasteiger partial charge in [-0.1, -0.05) is 53.5 Å². The number of nitrogens with one attached hydrogen (secondary N) is 1. The minimum Gasteiger partial charge on any atom is -0.492 e. The molecular weight excluding hydrogens is 567 g/mol. The summed E-state index contributed by atoms with van der Waals surface area (Å²) < 4.78 is 16.9. The number of carbonyl (C=O) groups excluding carboxylic acids is 1. The molecule has 0 aliphatic carbocycles. The van der Waals surface area contributed by atoms with Crippen molar-refractivity contribution in [2.75, 3.05) is 38.2 Å². The monoisotopic (exact) mass is 602 g/mol. The van der Waals surface area contributed by atoms with Gasteiger partial charge in [0.1, 0.15) is 12.4 Å². The van der Waals surface area contributed by atoms with Gasteiger partial charge in [0.15, 0.2) is 6.10 Å². The van der Waals surface area contributed by atoms with Crippen molar-refractivity contribution in [3.63, 3.8) is 0 Å². The van der Waals surface area contributed by atoms with Crippen LogP contribution in [0.25, 0.3) is 0 Å². The summed E-state index contributed by atoms with van der Waals surface area (Å²) in [5.74, 6) is -0.353. The maximum absolute atomic E-state index is 13.0. The van der Waals surface area contributed by atoms with Gasteiger partial charge in [-0.05, 0) is 73.4 Å². The van der Waals surface area contributed by atoms with Gasteiger partial charge in [0.25, 0.3) is 0 Å². The van der Waals surface area contributed by atoms with E-state index in [1.807, 2.05) is 54.6 Å². The third-order valence-corrected chi connectivity index (χ3v) is 6.52. The van der Waals surface area contributed by atoms with Gasteiger partial charge in [0.05, 0.1) is 13.2 Å². The van der Waals surface area contributed by atoms with E-state index in [9.17, 15) is 14.7 Å². The van der Waals surface area contributed by atoms with Crippen molar-refractivity contribution in [3.05, 3.63) is 94.0 Å². The molecule has 0 aliphatic rings. The highest BCUT2D eigenvalue weighted by Gasteiger charge is 2.18. The molecule has 0 aromatic heterocycles. The van der Waals surface area contributed by atoms with E-state index in [4.69, 9.17) is 37.4 Å². The fourth-order valence-corrected chi connectivity index (χ4v) is 4.63. The molecule has 3 rings (SSSR count). The minimum atomic E-state index is -0.987. The van der Waals surface area contributed by atoms with Crippen LogP contribution in [0.2, 0.25) is 10.0 Å². The Labute approximate surface area is 251 Å². The summed E-state index contributed by atoms with van der Waals surface area (Å²) in [7, 11) is 0. The summed E-state index contributed by atoms with van der Waals surface area (Å²) in [6.07, 6.45) is 0.903. The van der Waals surface area contributed by atoms with Crippen molar-refractivity contribution in [1.82, 2.24) is 4.90 Å². The largest absolute Gasteiger partial charge is 0.492 e. The number of hydrogen-bond acceptors (Lipinski definition) is 5. The summed E-state index contributed by atoms with van der Waals surface area (Å²) in [5.41, 5.74) is 2.46. The van der Waals surface area contributed by atoms with Crippen LogP contribution in [0.15, 0.2) is 72.8 Å². The summed E-state index contributed by atoms with van der Waals surface area (Å²) in [6.45, 7) is 4.25. The van der Waals surface area contributed by atoms with Crippen molar-refractivity contribution in [2.24, 2.45) is 0 Å². The highest BCUT2D eigenvalue weighted by Crippen LogP contribution is 2.20. The summed E-state index contributed by atoms with van der Waals surface area (Å²) in [4.78, 5) is 26.1. The lowest BCUT2D eigenvalue weighted by Crippen LogP contribution is -2.38. The van der Waals surface area contributed by atoms with Crippen LogP contribution in [0.5, 0.6) is 5.75 Å². The molecular formula is C31H36Cl2N2O6. The zero-order chi connectivity index (χ0) is 29.5. The van der Waals surface area contributed by atoms with Crippen LogP contribution in [-0.2, 0) is 27.3 Å². The first kappa shape index (κ1) is 32.2. The Morgan fingerprint density at radius 3 is 2.27 bits per heavy atom. The summed E-state index contributed by atoms with van der Waals surface area (Å²) in [5, 5.41) is 13.4. The molecule has 8 nitrogen and oxygen atoms in total. The summed E-state index contributed by atoms with van der Waals surface area (Å²) in [6, 6.07) is 21.6. The number of carboxylic acid groups (broad SMARTS) is 1. The number of benzene rings is 3. The lowest BCUT2D eigenvalue weighted by atomic mass is 10.1. The van der Waals surface area contributed by atoms with Crippen LogP contribution in [0.3, 0.4) is 0 Å². The Bertz CT molecular complexity index is 1210. The standard InChI is InChI=1S/C31H36Cl2N2O6/c1-2-40-29(30(36)37)20-23-10-12-28(13-11-23)41-17-15-35(31(38)34-27-8-4-3-5-9-27)14-6-7-16-39-22-24-18-25(32)21-26(33)19-24/h3-5,8-13,18-19,21,29H,2,6-7,14-17,20,22H2,1H3,(H,34,38)(H,36,37). The second-order valence-corrected chi connectivity index (χ2v) is 10.2. The number of carboxylic acids is 1. The molecule has 1 atom stereocenters. The van der Waals surface area contributed by atoms with E-state index in [2.05, 4.69) is 5.32 Å². The van der Waals surface area contributed by atoms with E-state index >= 15 is 0 Å². The lowest BCUT2D eigenvalue weighted by molar-refractivity contribution is -0.149. The second-order valence-electron chi connectivity index (χ2n) is 9.30. The number of halogens is 2. The quantitative estimate of drug-likeness (QED) is 0.162. The highest BCUT2D eigenvalue weighted by atomic mass is 35.5. The molecule has 0 aliphatic heterocycles. The molecule has 41 heavy (non-hydrogen) atoms. The molecule has 0 bridgehead atoms. The maximum Gasteiger partial charge on any atom is 0.333 e. The van der Waals surface area contributed by atoms with E-state index in [1.54, 1.807) is 30.0 Å². The molecule has 0 spiro atoms. The van der Waals surface area contributed by atoms with E-state index < -0.39 is 12.1 Å². The molecule has 0 radical (unpaired) electrons. The molecule has 0 saturated heterocycles. The van der Waals surface area contributed by atoms with Crippen molar-refractivity contribution in [2.45, 2.75) is 38.9 Å². The Morgan fingerprint density at radius 1 is 0.902 bits per heavy atom. The van der Waals surface area contributed by atoms with Crippen LogP contribution in [0.4, 0.5) is 10.5 Å². The minimum absolute atomic E-state index is 0.208. The highest BCUT2D eigenvalue weighted by molar-refractivity contribution is 6.34. The predicted octanol–water partition coefficient (Wildman–Crippen LogP) is 6.94. The molecule has 220 valence electrons. The molecule has 2 N–H and O–H groups in total. The zero-order valence-electron chi connectivity index (χ0n) is 23.1. The Balaban J connectivity index is 1.47. The molecule has 0 fully saturated rings. The number of rotatable bonds is 17. The molecule has 3 aromatic rings. The number of unbranched alkanes of at least 4 members (excludes halogenated alkanes) is 1. The van der Waals surface area contributed by atoms with Crippen molar-refractivity contribution in [1.29, 1.82) is 0 Å². The van der Waals surface area contributed by atoms with Gasteiger partial charge in [0.2, 0.25) is 0 Å². The maximum atomic E-state index is 13.0. The number of anilines is 1. The van der Waals surface area contributed by atoms with E-state index in [-0.39, 0.29) is 12.5 Å². The smallest absolute Gasteiger partial charge is 0.333 e. The van der Waals surface area contributed by atoms with Gasteiger partial charge in [-0.2, -0.15) is 0 Å². The number of urea groups is 1. The van der Waals surface area contributed by atoms with Gasteiger partial charge in [0, 0.05) is 41.9 Å². The van der Waals surface area contributed by atoms with Crippen molar-refractivity contribution in [3.8, 4) is 5.75 Å². The van der Waals surface area contributed by atoms with E-state index in [0.29, 0.717) is 61.0 Å². The first-order chi connectivity index (χ1) is 19.8. The van der Waals surface area contributed by atoms with Crippen LogP contribution >= 0.6 is 23.2 Å². The number of amides is 2. The molecule has 10 heteroatoms. The Morgan fingerprint density at radius 2 is 1.61 bits per heavy atom. The van der Waals surface area contributed by atoms with Gasteiger partial charge in [-0.25, -0.2) is 9.59 Å². The third kappa shape index (κ3) is 12.0. The third-order valence-electron chi connectivity index (χ3n) is 6.09. The van der Waals surface area contributed by atoms with Crippen molar-refractivity contribution < 1.29 is 28.9 Å². The second kappa shape index (κ2) is 17.5. The first-order valence-electron chi connectivity index (χ1n) is 13.5. The van der Waals surface area contributed by atoms with E-state index in [1.165, 1.54) is 0 Å². The SMILES string of the molecule is CCOC(Cc1ccc(OCCN(CCCCOCc2cc(Cl)cc(Cl)c2)C(=O)Nc2ccccc2)cc1)C(=O)O. The molecule has 0 heterocycles. The van der Waals surface area contributed by atoms with Crippen LogP contribution in [0, 0.1) is 0 Å². The number of nitrogens with zero attached hydrogens (tertiary/aromatic N) is 1. The number of hydrogen-bond donors (Lipinski definition) is 2. The number of carbonyl (C=O) groups is 2. The zero-order valence-corrected chi connectivity index (χ0v) is 24.6. The molecule has 0 saturated carbocycles. The normalized spacial score (nSPS) is 11.6. The van der Waals surface area contributed by atoms with Gasteiger partial charge in [-0.15, -0.1) is 0 Å². The first-order valence-corrected chi connectivity index (χ1v) is 14.3. The molecule has 2 amide bonds. The van der Waals surface area contributed by atoms with Crippen molar-refractivity contribution >= 4 is 40.9 Å². The van der Waals surface area contributed by atoms with Crippen LogP contribution in [0.1, 0.15) is 30.9 Å². The summed E-state index contributed by atoms with van der Waals surface area (Å²) >= 11 is 12.1. The average molecular weight is 604 g/mol. The lowest BCUT2D eigenvalue weighted by Gasteiger charge is -2.23. The van der Waals surface area contributed by atoms with E-state index in [0.717, 1.165) is 24.0 Å². The molecule has 1 unspecified atom stereocenters. The average Bonchev–Trinajstić information content (AvgIpc) is 2.94. The fraction of sp³-hybridized carbons (Fsp3) is 0.355. The number of aliphatic carboxylic acids is 1. The fourth-order valence-electron chi connectivity index (χ4n) is 4.06. The number of ether oxygens (including phenoxy) is 3. The van der Waals surface area contributed by atoms with Crippen LogP contribution < -0.4 is 10.1 Å².